The largest absolute Gasteiger partial charge is 0.469 e. The number of nitrogens with one attached hydrogen (secondary N) is 2. The average molecular weight is 810 g/mol. The van der Waals surface area contributed by atoms with Gasteiger partial charge in [-0.3, -0.25) is 28.8 Å². The second-order valence-electron chi connectivity index (χ2n) is 14.7. The molecule has 6 aliphatic heterocycles. The number of carbonyl (C=O) groups is 9. The van der Waals surface area contributed by atoms with Crippen molar-refractivity contribution in [2.24, 2.45) is 23.7 Å². The summed E-state index contributed by atoms with van der Waals surface area (Å²) >= 11 is 0. The van der Waals surface area contributed by atoms with Crippen molar-refractivity contribution in [2.45, 2.75) is 96.3 Å². The summed E-state index contributed by atoms with van der Waals surface area (Å²) in [7, 11) is 5.01. The van der Waals surface area contributed by atoms with Crippen LogP contribution in [0.5, 0.6) is 0 Å². The van der Waals surface area contributed by atoms with Crippen LogP contribution in [-0.4, -0.2) is 160 Å². The Morgan fingerprint density at radius 3 is 1.47 bits per heavy atom. The number of esters is 6. The van der Waals surface area contributed by atoms with Crippen LogP contribution in [0.3, 0.4) is 0 Å². The first kappa shape index (κ1) is 46.7. The molecule has 3 amide bonds. The fourth-order valence-electron chi connectivity index (χ4n) is 8.37. The normalized spacial score (nSPS) is 28.8. The van der Waals surface area contributed by atoms with Gasteiger partial charge in [0.15, 0.2) is 0 Å². The summed E-state index contributed by atoms with van der Waals surface area (Å²) in [6.45, 7) is 9.29. The monoisotopic (exact) mass is 809 g/mol. The Bertz CT molecular complexity index is 1420. The van der Waals surface area contributed by atoms with E-state index < -0.39 is 71.7 Å². The molecule has 0 aliphatic carbocycles. The number of rotatable bonds is 4. The average Bonchev–Trinajstić information content (AvgIpc) is 3.82. The lowest BCUT2D eigenvalue weighted by Crippen LogP contribution is -2.54. The van der Waals surface area contributed by atoms with E-state index in [9.17, 15) is 43.2 Å². The molecule has 6 rings (SSSR count). The van der Waals surface area contributed by atoms with E-state index in [2.05, 4.69) is 34.3 Å². The minimum atomic E-state index is -0.862. The highest BCUT2D eigenvalue weighted by molar-refractivity contribution is 6.00. The topological polar surface area (TPSA) is 234 Å². The molecule has 6 aliphatic rings. The molecule has 0 aromatic rings. The van der Waals surface area contributed by atoms with Crippen LogP contribution in [0.4, 0.5) is 0 Å². The van der Waals surface area contributed by atoms with Crippen molar-refractivity contribution in [3.63, 3.8) is 0 Å². The lowest BCUT2D eigenvalue weighted by molar-refractivity contribution is -0.165. The molecule has 0 radical (unpaired) electrons. The predicted molar refractivity (Wildman–Crippen MR) is 198 cm³/mol. The van der Waals surface area contributed by atoms with Gasteiger partial charge in [0.25, 0.3) is 0 Å². The number of methoxy groups -OCH3 is 4. The highest BCUT2D eigenvalue weighted by atomic mass is 16.6. The molecular formula is C38H59N5O14. The quantitative estimate of drug-likeness (QED) is 0.208. The third kappa shape index (κ3) is 11.9. The molecule has 19 nitrogen and oxygen atoms in total. The highest BCUT2D eigenvalue weighted by Crippen LogP contribution is 2.31. The van der Waals surface area contributed by atoms with Crippen molar-refractivity contribution in [2.75, 3.05) is 67.7 Å². The Balaban J connectivity index is 0.000000208. The molecule has 0 bridgehead atoms. The van der Waals surface area contributed by atoms with Gasteiger partial charge in [0.2, 0.25) is 17.7 Å². The van der Waals surface area contributed by atoms with E-state index in [-0.39, 0.29) is 17.7 Å². The lowest BCUT2D eigenvalue weighted by Gasteiger charge is -2.37. The maximum absolute atomic E-state index is 11.7. The molecule has 57 heavy (non-hydrogen) atoms. The van der Waals surface area contributed by atoms with Gasteiger partial charge >= 0.3 is 35.8 Å². The van der Waals surface area contributed by atoms with E-state index in [1.807, 2.05) is 0 Å². The molecule has 8 atom stereocenters. The van der Waals surface area contributed by atoms with Crippen LogP contribution in [0, 0.1) is 23.7 Å². The summed E-state index contributed by atoms with van der Waals surface area (Å²) in [5.41, 5.74) is 0. The number of carbonyl (C=O) groups excluding carboxylic acids is 9. The number of piperidine rings is 4. The molecule has 6 fully saturated rings. The van der Waals surface area contributed by atoms with E-state index in [1.54, 1.807) is 0 Å². The van der Waals surface area contributed by atoms with Crippen LogP contribution in [0.25, 0.3) is 0 Å². The third-order valence-corrected chi connectivity index (χ3v) is 11.2. The summed E-state index contributed by atoms with van der Waals surface area (Å²) in [5, 5.41) is 6.92. The first-order valence-electron chi connectivity index (χ1n) is 19.5. The van der Waals surface area contributed by atoms with Gasteiger partial charge in [-0.1, -0.05) is 0 Å². The maximum atomic E-state index is 11.7. The molecule has 2 N–H and O–H groups in total. The van der Waals surface area contributed by atoms with Crippen molar-refractivity contribution < 1.29 is 66.8 Å². The SMILES string of the molecule is C1CN[C@@H]2CNC[C@@H]2C1.CC(=O)N1CCC[C@H]2C(=O)OC(=O)[C@H]21.COC(=O)C1CCCN(C(C)=O)C1C(=O)OC.COC(=O)[C@@H]1[C@H](C(=O)OC)CCCN1C(C)=O. The van der Waals surface area contributed by atoms with Gasteiger partial charge in [-0.2, -0.15) is 0 Å². The minimum absolute atomic E-state index is 0.175. The summed E-state index contributed by atoms with van der Waals surface area (Å²) in [5.74, 6) is -4.58. The van der Waals surface area contributed by atoms with Gasteiger partial charge in [0.1, 0.15) is 18.1 Å². The zero-order valence-electron chi connectivity index (χ0n) is 34.1. The van der Waals surface area contributed by atoms with Crippen molar-refractivity contribution in [3.8, 4) is 0 Å². The van der Waals surface area contributed by atoms with E-state index in [0.717, 1.165) is 18.4 Å². The van der Waals surface area contributed by atoms with E-state index in [4.69, 9.17) is 0 Å². The van der Waals surface area contributed by atoms with Gasteiger partial charge in [0, 0.05) is 53.0 Å². The molecule has 0 spiro atoms. The smallest absolute Gasteiger partial charge is 0.337 e. The van der Waals surface area contributed by atoms with Crippen LogP contribution >= 0.6 is 0 Å². The summed E-state index contributed by atoms with van der Waals surface area (Å²) < 4.78 is 23.1. The zero-order valence-corrected chi connectivity index (χ0v) is 34.1. The fourth-order valence-corrected chi connectivity index (χ4v) is 8.37. The van der Waals surface area contributed by atoms with Crippen LogP contribution < -0.4 is 10.6 Å². The van der Waals surface area contributed by atoms with Crippen LogP contribution in [0.15, 0.2) is 0 Å². The molecule has 6 heterocycles. The number of cyclic esters (lactones) is 2. The molecule has 19 heteroatoms. The standard InChI is InChI=1S/2C11H17NO5.C9H11NO4.C7H14N2/c2*1-7(13)12-6-4-5-8(10(14)16-2)9(12)11(15)17-3;1-5(11)10-4-2-3-6-7(10)9(13)14-8(6)12;1-2-6-4-8-5-7(6)9-3-1/h2*8-9H,4-6H2,1-3H3;6-7H,2-4H2,1H3;6-9H,1-5H2/t8-,9+;;2*6-,7+/m1.10/s1. The lowest BCUT2D eigenvalue weighted by atomic mass is 9.89. The van der Waals surface area contributed by atoms with Crippen molar-refractivity contribution >= 4 is 53.5 Å². The zero-order chi connectivity index (χ0) is 42.4. The summed E-state index contributed by atoms with van der Waals surface area (Å²) in [6, 6.07) is -1.58. The van der Waals surface area contributed by atoms with E-state index >= 15 is 0 Å². The van der Waals surface area contributed by atoms with Crippen molar-refractivity contribution in [1.82, 2.24) is 25.3 Å². The number of likely N-dealkylation sites (tertiary alicyclic amines) is 3. The maximum Gasteiger partial charge on any atom is 0.337 e. The van der Waals surface area contributed by atoms with Gasteiger partial charge in [0.05, 0.1) is 46.2 Å². The Morgan fingerprint density at radius 2 is 1.04 bits per heavy atom. The first-order chi connectivity index (χ1) is 27.1. The van der Waals surface area contributed by atoms with Gasteiger partial charge in [-0.25, -0.2) is 14.4 Å². The molecule has 0 aromatic heterocycles. The Morgan fingerprint density at radius 1 is 0.579 bits per heavy atom. The molecule has 320 valence electrons. The number of amides is 3. The first-order valence-corrected chi connectivity index (χ1v) is 19.5. The van der Waals surface area contributed by atoms with E-state index in [1.165, 1.54) is 96.4 Å². The molecule has 0 saturated carbocycles. The van der Waals surface area contributed by atoms with Crippen molar-refractivity contribution in [3.05, 3.63) is 0 Å². The number of ether oxygens (including phenoxy) is 5. The summed E-state index contributed by atoms with van der Waals surface area (Å²) in [6.07, 6.45) is 6.60. The molecule has 0 aromatic carbocycles. The van der Waals surface area contributed by atoms with Crippen LogP contribution in [-0.2, 0) is 66.8 Å². The Labute approximate surface area is 333 Å². The molecule has 2 unspecified atom stereocenters. The Hall–Kier alpha value is -4.65. The fraction of sp³-hybridized carbons (Fsp3) is 0.763. The number of nitrogens with zero attached hydrogens (tertiary/aromatic N) is 3. The Kier molecular flexibility index (Phi) is 18.3. The van der Waals surface area contributed by atoms with Crippen LogP contribution in [0.1, 0.15) is 72.1 Å². The summed E-state index contributed by atoms with van der Waals surface area (Å²) in [4.78, 5) is 107. The van der Waals surface area contributed by atoms with Crippen molar-refractivity contribution in [1.29, 1.82) is 0 Å². The number of hydrogen-bond acceptors (Lipinski definition) is 16. The van der Waals surface area contributed by atoms with Gasteiger partial charge in [-0.15, -0.1) is 0 Å². The number of fused-ring (bicyclic) bond motifs is 2. The minimum Gasteiger partial charge on any atom is -0.469 e. The van der Waals surface area contributed by atoms with Gasteiger partial charge in [-0.05, 0) is 70.4 Å². The molecular weight excluding hydrogens is 750 g/mol. The number of hydrogen-bond donors (Lipinski definition) is 2. The second kappa shape index (κ2) is 22.3. The molecule has 6 saturated heterocycles. The highest BCUT2D eigenvalue weighted by Gasteiger charge is 2.50. The second-order valence-corrected chi connectivity index (χ2v) is 14.7. The predicted octanol–water partition coefficient (Wildman–Crippen LogP) is -0.426. The van der Waals surface area contributed by atoms with E-state index in [0.29, 0.717) is 51.7 Å². The third-order valence-electron chi connectivity index (χ3n) is 11.2. The van der Waals surface area contributed by atoms with Crippen LogP contribution in [0.2, 0.25) is 0 Å². The van der Waals surface area contributed by atoms with Gasteiger partial charge < -0.3 is 49.0 Å².